The fourth-order valence-corrected chi connectivity index (χ4v) is 2.32. The van der Waals surface area contributed by atoms with Crippen LogP contribution in [0.2, 0.25) is 0 Å². The van der Waals surface area contributed by atoms with E-state index in [0.29, 0.717) is 0 Å². The zero-order chi connectivity index (χ0) is 13.8. The third kappa shape index (κ3) is 4.94. The molecule has 1 fully saturated rings. The molecule has 1 atom stereocenters. The number of nitrogens with one attached hydrogen (secondary N) is 1. The molecule has 0 aromatic rings. The second kappa shape index (κ2) is 6.07. The monoisotopic (exact) mass is 257 g/mol. The molecule has 0 spiro atoms. The van der Waals surface area contributed by atoms with Gasteiger partial charge in [0.1, 0.15) is 5.60 Å². The topological polar surface area (TPSA) is 75.6 Å². The molecular formula is C13H23NO4. The van der Waals surface area contributed by atoms with Crippen LogP contribution < -0.4 is 5.32 Å². The van der Waals surface area contributed by atoms with E-state index in [1.807, 2.05) is 0 Å². The summed E-state index contributed by atoms with van der Waals surface area (Å²) in [5.74, 6) is -1.16. The Morgan fingerprint density at radius 3 is 2.33 bits per heavy atom. The van der Waals surface area contributed by atoms with Crippen LogP contribution in [0.15, 0.2) is 0 Å². The number of carbonyl (C=O) groups is 2. The first-order chi connectivity index (χ1) is 8.29. The zero-order valence-electron chi connectivity index (χ0n) is 11.4. The lowest BCUT2D eigenvalue weighted by Gasteiger charge is -2.22. The summed E-state index contributed by atoms with van der Waals surface area (Å²) in [6.07, 6.45) is 3.49. The first-order valence-corrected chi connectivity index (χ1v) is 6.49. The Hall–Kier alpha value is -1.26. The van der Waals surface area contributed by atoms with Crippen molar-refractivity contribution in [2.75, 3.05) is 6.54 Å². The van der Waals surface area contributed by atoms with Crippen LogP contribution in [0.1, 0.15) is 46.5 Å². The van der Waals surface area contributed by atoms with Gasteiger partial charge in [-0.15, -0.1) is 0 Å². The van der Waals surface area contributed by atoms with Crippen LogP contribution in [-0.2, 0) is 9.53 Å². The first-order valence-electron chi connectivity index (χ1n) is 6.49. The molecule has 0 saturated heterocycles. The normalized spacial score (nSPS) is 18.4. The number of rotatable bonds is 4. The minimum atomic E-state index is -0.835. The maximum atomic E-state index is 11.5. The van der Waals surface area contributed by atoms with Gasteiger partial charge >= 0.3 is 12.1 Å². The van der Waals surface area contributed by atoms with Crippen molar-refractivity contribution >= 4 is 12.1 Å². The fraction of sp³-hybridized carbons (Fsp3) is 0.846. The van der Waals surface area contributed by atoms with Crippen molar-refractivity contribution < 1.29 is 19.4 Å². The van der Waals surface area contributed by atoms with Gasteiger partial charge in [-0.05, 0) is 39.5 Å². The molecule has 5 nitrogen and oxygen atoms in total. The molecule has 1 amide bonds. The van der Waals surface area contributed by atoms with E-state index in [2.05, 4.69) is 5.32 Å². The molecule has 0 bridgehead atoms. The summed E-state index contributed by atoms with van der Waals surface area (Å²) >= 11 is 0. The van der Waals surface area contributed by atoms with E-state index in [4.69, 9.17) is 4.74 Å². The minimum Gasteiger partial charge on any atom is -0.481 e. The highest BCUT2D eigenvalue weighted by Crippen LogP contribution is 2.31. The predicted octanol–water partition coefficient (Wildman–Crippen LogP) is 2.40. The number of carboxylic acids is 1. The number of hydrogen-bond donors (Lipinski definition) is 2. The fourth-order valence-electron chi connectivity index (χ4n) is 2.32. The molecule has 1 aliphatic carbocycles. The maximum Gasteiger partial charge on any atom is 0.407 e. The lowest BCUT2D eigenvalue weighted by Crippen LogP contribution is -2.39. The van der Waals surface area contributed by atoms with Crippen LogP contribution in [-0.4, -0.2) is 29.3 Å². The summed E-state index contributed by atoms with van der Waals surface area (Å²) in [5.41, 5.74) is -0.559. The third-order valence-electron chi connectivity index (χ3n) is 3.15. The highest BCUT2D eigenvalue weighted by Gasteiger charge is 2.31. The van der Waals surface area contributed by atoms with Crippen molar-refractivity contribution in [3.05, 3.63) is 0 Å². The molecule has 0 heterocycles. The summed E-state index contributed by atoms with van der Waals surface area (Å²) in [5, 5.41) is 11.7. The first kappa shape index (κ1) is 14.8. The number of alkyl carbamates (subject to hydrolysis) is 1. The van der Waals surface area contributed by atoms with Gasteiger partial charge in [0.05, 0.1) is 5.92 Å². The number of ether oxygens (including phenoxy) is 1. The molecule has 0 aromatic carbocycles. The summed E-state index contributed by atoms with van der Waals surface area (Å²) in [6.45, 7) is 5.48. The van der Waals surface area contributed by atoms with Crippen LogP contribution in [0.5, 0.6) is 0 Å². The van der Waals surface area contributed by atoms with Crippen LogP contribution in [0.25, 0.3) is 0 Å². The molecule has 0 unspecified atom stereocenters. The molecule has 0 aromatic heterocycles. The van der Waals surface area contributed by atoms with Crippen LogP contribution in [0.3, 0.4) is 0 Å². The molecular weight excluding hydrogens is 234 g/mol. The SMILES string of the molecule is CC(C)(C)OC(=O)NC[C@H](C(=O)O)C1CCCC1. The van der Waals surface area contributed by atoms with Gasteiger partial charge in [0.25, 0.3) is 0 Å². The Labute approximate surface area is 108 Å². The number of aliphatic carboxylic acids is 1. The number of carbonyl (C=O) groups excluding carboxylic acids is 1. The minimum absolute atomic E-state index is 0.148. The highest BCUT2D eigenvalue weighted by molar-refractivity contribution is 5.73. The standard InChI is InChI=1S/C13H23NO4/c1-13(2,3)18-12(17)14-8-10(11(15)16)9-6-4-5-7-9/h9-10H,4-8H2,1-3H3,(H,14,17)(H,15,16)/t10-/m0/s1. The Kier molecular flexibility index (Phi) is 4.99. The lowest BCUT2D eigenvalue weighted by molar-refractivity contribution is -0.143. The average Bonchev–Trinajstić information content (AvgIpc) is 2.67. The molecule has 5 heteroatoms. The van der Waals surface area contributed by atoms with Crippen molar-refractivity contribution in [3.8, 4) is 0 Å². The third-order valence-corrected chi connectivity index (χ3v) is 3.15. The van der Waals surface area contributed by atoms with E-state index < -0.39 is 23.6 Å². The van der Waals surface area contributed by atoms with Gasteiger partial charge in [-0.2, -0.15) is 0 Å². The van der Waals surface area contributed by atoms with E-state index in [9.17, 15) is 14.7 Å². The van der Waals surface area contributed by atoms with Gasteiger partial charge in [0.2, 0.25) is 0 Å². The van der Waals surface area contributed by atoms with Gasteiger partial charge in [0.15, 0.2) is 0 Å². The number of hydrogen-bond acceptors (Lipinski definition) is 3. The van der Waals surface area contributed by atoms with Gasteiger partial charge in [-0.3, -0.25) is 4.79 Å². The molecule has 2 N–H and O–H groups in total. The second-order valence-electron chi connectivity index (χ2n) is 5.87. The molecule has 0 radical (unpaired) electrons. The highest BCUT2D eigenvalue weighted by atomic mass is 16.6. The van der Waals surface area contributed by atoms with Gasteiger partial charge < -0.3 is 15.2 Å². The van der Waals surface area contributed by atoms with E-state index in [1.54, 1.807) is 20.8 Å². The lowest BCUT2D eigenvalue weighted by atomic mass is 9.91. The molecule has 0 aliphatic heterocycles. The van der Waals surface area contributed by atoms with Gasteiger partial charge in [-0.1, -0.05) is 12.8 Å². The Balaban J connectivity index is 2.42. The van der Waals surface area contributed by atoms with Crippen molar-refractivity contribution in [1.82, 2.24) is 5.32 Å². The van der Waals surface area contributed by atoms with Crippen molar-refractivity contribution in [1.29, 1.82) is 0 Å². The molecule has 1 rings (SSSR count). The quantitative estimate of drug-likeness (QED) is 0.811. The van der Waals surface area contributed by atoms with Crippen LogP contribution in [0.4, 0.5) is 4.79 Å². The molecule has 1 saturated carbocycles. The largest absolute Gasteiger partial charge is 0.481 e. The predicted molar refractivity (Wildman–Crippen MR) is 67.3 cm³/mol. The van der Waals surface area contributed by atoms with Crippen molar-refractivity contribution in [3.63, 3.8) is 0 Å². The van der Waals surface area contributed by atoms with Crippen LogP contribution >= 0.6 is 0 Å². The average molecular weight is 257 g/mol. The summed E-state index contributed by atoms with van der Waals surface area (Å²) in [4.78, 5) is 22.7. The molecule has 104 valence electrons. The van der Waals surface area contributed by atoms with E-state index in [0.717, 1.165) is 25.7 Å². The van der Waals surface area contributed by atoms with Crippen molar-refractivity contribution in [2.24, 2.45) is 11.8 Å². The summed E-state index contributed by atoms with van der Waals surface area (Å²) < 4.78 is 5.09. The molecule has 18 heavy (non-hydrogen) atoms. The van der Waals surface area contributed by atoms with E-state index in [-0.39, 0.29) is 12.5 Å². The summed E-state index contributed by atoms with van der Waals surface area (Å²) in [7, 11) is 0. The Morgan fingerprint density at radius 1 is 1.33 bits per heavy atom. The van der Waals surface area contributed by atoms with Crippen molar-refractivity contribution in [2.45, 2.75) is 52.1 Å². The smallest absolute Gasteiger partial charge is 0.407 e. The molecule has 1 aliphatic rings. The second-order valence-corrected chi connectivity index (χ2v) is 5.87. The van der Waals surface area contributed by atoms with Gasteiger partial charge in [-0.25, -0.2) is 4.79 Å². The van der Waals surface area contributed by atoms with Gasteiger partial charge in [0, 0.05) is 6.54 Å². The number of amides is 1. The maximum absolute atomic E-state index is 11.5. The van der Waals surface area contributed by atoms with Crippen LogP contribution in [0, 0.1) is 11.8 Å². The zero-order valence-corrected chi connectivity index (χ0v) is 11.4. The Morgan fingerprint density at radius 2 is 1.89 bits per heavy atom. The Bertz CT molecular complexity index is 303. The summed E-state index contributed by atoms with van der Waals surface area (Å²) in [6, 6.07) is 0. The van der Waals surface area contributed by atoms with E-state index in [1.165, 1.54) is 0 Å². The van der Waals surface area contributed by atoms with E-state index >= 15 is 0 Å². The number of carboxylic acid groups (broad SMARTS) is 1.